The summed E-state index contributed by atoms with van der Waals surface area (Å²) in [5.41, 5.74) is 0.603. The van der Waals surface area contributed by atoms with Gasteiger partial charge in [0.1, 0.15) is 11.8 Å². The number of carbonyl (C=O) groups excluding carboxylic acids is 3. The molecule has 4 rings (SSSR count). The molecular weight excluding hydrogens is 580 g/mol. The second kappa shape index (κ2) is 16.8. The van der Waals surface area contributed by atoms with Crippen molar-refractivity contribution in [2.45, 2.75) is 77.4 Å². The highest BCUT2D eigenvalue weighted by atomic mass is 16.5. The number of hydrogen-bond donors (Lipinski definition) is 4. The second-order valence-electron chi connectivity index (χ2n) is 11.4. The fourth-order valence-corrected chi connectivity index (χ4v) is 5.26. The van der Waals surface area contributed by atoms with Crippen LogP contribution in [0.5, 0.6) is 5.75 Å². The topological polar surface area (TPSA) is 120 Å². The third kappa shape index (κ3) is 9.81. The van der Waals surface area contributed by atoms with Gasteiger partial charge >= 0.3 is 6.03 Å². The monoisotopic (exact) mass is 640 g/mol. The van der Waals surface area contributed by atoms with Crippen molar-refractivity contribution >= 4 is 17.8 Å². The number of urea groups is 1. The van der Waals surface area contributed by atoms with Crippen LogP contribution in [0, 0.1) is 19.6 Å². The van der Waals surface area contributed by atoms with Crippen LogP contribution in [-0.4, -0.2) is 71.7 Å². The zero-order valence-corrected chi connectivity index (χ0v) is 25.7. The normalized spacial score (nSPS) is 23.5. The Labute approximate surface area is 289 Å². The second-order valence-corrected chi connectivity index (χ2v) is 11.4. The van der Waals surface area contributed by atoms with E-state index in [2.05, 4.69) is 10.6 Å². The number of ether oxygens (including phenoxy) is 1. The van der Waals surface area contributed by atoms with E-state index in [0.717, 1.165) is 0 Å². The predicted molar refractivity (Wildman–Crippen MR) is 180 cm³/mol. The molecule has 3 aromatic rings. The summed E-state index contributed by atoms with van der Waals surface area (Å²) >= 11 is 0. The Bertz CT molecular complexity index is 1860. The van der Waals surface area contributed by atoms with E-state index in [-0.39, 0.29) is 19.3 Å². The van der Waals surface area contributed by atoms with Crippen molar-refractivity contribution < 1.29 is 40.7 Å². The van der Waals surface area contributed by atoms with Crippen LogP contribution in [0.25, 0.3) is 0 Å². The minimum Gasteiger partial charge on any atom is -0.483 e. The minimum atomic E-state index is -3.29. The van der Waals surface area contributed by atoms with Gasteiger partial charge in [0.05, 0.1) is 12.1 Å². The Morgan fingerprint density at radius 2 is 1.59 bits per heavy atom. The Kier molecular flexibility index (Phi) is 7.83. The fourth-order valence-electron chi connectivity index (χ4n) is 5.26. The molecule has 0 radical (unpaired) electrons. The van der Waals surface area contributed by atoms with Crippen LogP contribution < -0.4 is 20.7 Å². The van der Waals surface area contributed by atoms with Gasteiger partial charge in [0, 0.05) is 35.5 Å². The maximum absolute atomic E-state index is 14.2. The number of benzene rings is 3. The highest BCUT2D eigenvalue weighted by Crippen LogP contribution is 2.22. The Morgan fingerprint density at radius 1 is 0.957 bits per heavy atom. The molecule has 46 heavy (non-hydrogen) atoms. The highest BCUT2D eigenvalue weighted by molar-refractivity contribution is 5.87. The maximum Gasteiger partial charge on any atom is 0.318 e. The molecule has 4 amide bonds. The Hall–Kier alpha value is -4.37. The summed E-state index contributed by atoms with van der Waals surface area (Å²) in [6.45, 7) is -9.74. The summed E-state index contributed by atoms with van der Waals surface area (Å²) < 4.78 is 103. The Balaban J connectivity index is 1.64. The molecule has 0 unspecified atom stereocenters. The fraction of sp³-hybridized carbons (Fsp3) is 0.432. The van der Waals surface area contributed by atoms with Crippen molar-refractivity contribution in [3.63, 3.8) is 0 Å². The average molecular weight is 641 g/mol. The SMILES string of the molecule is [2H]C([2H])([2H])c1cccc(C([2H])([2H])[2H])c1OCC(=O)N[C@@H](Cc1ccccc1)[C@@H](O)C[C@H](Cc1ccccc1)NC(=O)[C@H](C(C)C)N1C(=O)NC([2H])([2H])C([2H])([2H])C1([2H])[2H]. The predicted octanol–water partition coefficient (Wildman–Crippen LogP) is 4.33. The molecule has 1 saturated heterocycles. The molecule has 1 heterocycles. The lowest BCUT2D eigenvalue weighted by Gasteiger charge is -2.37. The molecule has 9 heteroatoms. The molecule has 0 saturated carbocycles. The van der Waals surface area contributed by atoms with Crippen LogP contribution in [0.1, 0.15) is 65.3 Å². The summed E-state index contributed by atoms with van der Waals surface area (Å²) in [5.74, 6) is -3.03. The molecule has 0 spiro atoms. The van der Waals surface area contributed by atoms with Gasteiger partial charge in [-0.3, -0.25) is 9.59 Å². The van der Waals surface area contributed by atoms with Crippen LogP contribution in [0.15, 0.2) is 78.9 Å². The van der Waals surface area contributed by atoms with Gasteiger partial charge in [-0.2, -0.15) is 0 Å². The zero-order valence-electron chi connectivity index (χ0n) is 37.7. The smallest absolute Gasteiger partial charge is 0.318 e. The number of amides is 4. The summed E-state index contributed by atoms with van der Waals surface area (Å²) in [4.78, 5) is 41.2. The van der Waals surface area contributed by atoms with E-state index in [1.54, 1.807) is 60.7 Å². The van der Waals surface area contributed by atoms with Crippen LogP contribution in [0.3, 0.4) is 0 Å². The van der Waals surface area contributed by atoms with Crippen LogP contribution in [0.2, 0.25) is 0 Å². The van der Waals surface area contributed by atoms with Gasteiger partial charge in [-0.05, 0) is 67.5 Å². The molecular formula is C37H48N4O5. The molecule has 0 aromatic heterocycles. The lowest BCUT2D eigenvalue weighted by atomic mass is 9.92. The molecule has 4 N–H and O–H groups in total. The van der Waals surface area contributed by atoms with E-state index in [1.165, 1.54) is 32.0 Å². The van der Waals surface area contributed by atoms with Crippen molar-refractivity contribution in [2.24, 2.45) is 5.92 Å². The molecule has 9 nitrogen and oxygen atoms in total. The number of aliphatic hydroxyl groups excluding tert-OH is 1. The average Bonchev–Trinajstić information content (AvgIpc) is 3.11. The van der Waals surface area contributed by atoms with Gasteiger partial charge in [0.2, 0.25) is 5.91 Å². The molecule has 3 aromatic carbocycles. The highest BCUT2D eigenvalue weighted by Gasteiger charge is 2.35. The summed E-state index contributed by atoms with van der Waals surface area (Å²) in [7, 11) is 0. The molecule has 4 atom stereocenters. The summed E-state index contributed by atoms with van der Waals surface area (Å²) in [6, 6.07) is 16.3. The van der Waals surface area contributed by atoms with Crippen molar-refractivity contribution in [3.8, 4) is 5.75 Å². The van der Waals surface area contributed by atoms with Crippen LogP contribution in [-0.2, 0) is 22.4 Å². The molecule has 246 valence electrons. The van der Waals surface area contributed by atoms with E-state index >= 15 is 0 Å². The molecule has 0 aliphatic carbocycles. The number of rotatable bonds is 15. The molecule has 1 aliphatic heterocycles. The van der Waals surface area contributed by atoms with Gasteiger partial charge in [0.25, 0.3) is 5.91 Å². The molecule has 0 bridgehead atoms. The maximum atomic E-state index is 14.2. The van der Waals surface area contributed by atoms with Gasteiger partial charge in [0.15, 0.2) is 6.61 Å². The van der Waals surface area contributed by atoms with Crippen molar-refractivity contribution in [3.05, 3.63) is 101 Å². The van der Waals surface area contributed by atoms with Gasteiger partial charge in [-0.1, -0.05) is 92.7 Å². The van der Waals surface area contributed by atoms with Gasteiger partial charge < -0.3 is 30.7 Å². The van der Waals surface area contributed by atoms with Gasteiger partial charge in [-0.15, -0.1) is 0 Å². The lowest BCUT2D eigenvalue weighted by Crippen LogP contribution is -2.59. The standard InChI is InChI=1S/C37H48N4O5/c1-25(2)34(41-20-12-19-38-37(41)45)36(44)39-30(21-28-15-7-5-8-16-28)23-32(42)31(22-29-17-9-6-10-18-29)40-33(43)24-46-35-26(3)13-11-14-27(35)4/h5-11,13-18,25,30-32,34,42H,12,19-24H2,1-4H3,(H,38,45)(H,39,44)(H,40,43)/t30-,31-,32-,34-/m0/s1/i3D3,4D3,12D2,19D2,20D2. The summed E-state index contributed by atoms with van der Waals surface area (Å²) in [6.07, 6.45) is -4.76. The van der Waals surface area contributed by atoms with E-state index < -0.39 is 105 Å². The number of aryl methyl sites for hydroxylation is 2. The largest absolute Gasteiger partial charge is 0.483 e. The molecule has 1 fully saturated rings. The van der Waals surface area contributed by atoms with E-state index in [0.29, 0.717) is 16.0 Å². The quantitative estimate of drug-likeness (QED) is 0.197. The van der Waals surface area contributed by atoms with Gasteiger partial charge in [-0.25, -0.2) is 4.79 Å². The summed E-state index contributed by atoms with van der Waals surface area (Å²) in [5, 5.41) is 19.2. The number of nitrogens with zero attached hydrogens (tertiary/aromatic N) is 1. The number of nitrogens with one attached hydrogen (secondary N) is 3. The first-order valence-corrected chi connectivity index (χ1v) is 15.0. The van der Waals surface area contributed by atoms with E-state index in [4.69, 9.17) is 21.2 Å². The van der Waals surface area contributed by atoms with Crippen molar-refractivity contribution in [2.75, 3.05) is 19.6 Å². The van der Waals surface area contributed by atoms with E-state index in [9.17, 15) is 19.5 Å². The number of hydrogen-bond acceptors (Lipinski definition) is 5. The molecule has 1 aliphatic rings. The first-order chi connectivity index (χ1) is 26.8. The first kappa shape index (κ1) is 21.4. The van der Waals surface area contributed by atoms with Crippen molar-refractivity contribution in [1.29, 1.82) is 0 Å². The zero-order chi connectivity index (χ0) is 43.4. The minimum absolute atomic E-state index is 0.0615. The lowest BCUT2D eigenvalue weighted by molar-refractivity contribution is -0.128. The first-order valence-electron chi connectivity index (χ1n) is 21.0. The van der Waals surface area contributed by atoms with Crippen LogP contribution >= 0.6 is 0 Å². The number of para-hydroxylation sites is 1. The van der Waals surface area contributed by atoms with Crippen LogP contribution in [0.4, 0.5) is 4.79 Å². The third-order valence-corrected chi connectivity index (χ3v) is 7.47. The Morgan fingerprint density at radius 3 is 2.20 bits per heavy atom. The third-order valence-electron chi connectivity index (χ3n) is 7.47. The number of aliphatic hydroxyl groups is 1. The van der Waals surface area contributed by atoms with Crippen molar-refractivity contribution in [1.82, 2.24) is 20.9 Å². The van der Waals surface area contributed by atoms with E-state index in [1.807, 2.05) is 5.32 Å². The number of carbonyl (C=O) groups is 3.